The molecule has 0 spiro atoms. The lowest BCUT2D eigenvalue weighted by Gasteiger charge is -2.25. The molecule has 25 heavy (non-hydrogen) atoms. The average molecular weight is 332 g/mol. The number of oxazole rings is 1. The predicted octanol–water partition coefficient (Wildman–Crippen LogP) is 3.29. The molecule has 0 aliphatic carbocycles. The maximum absolute atomic E-state index is 9.17. The van der Waals surface area contributed by atoms with Crippen LogP contribution >= 0.6 is 0 Å². The summed E-state index contributed by atoms with van der Waals surface area (Å²) in [4.78, 5) is 14.4. The van der Waals surface area contributed by atoms with E-state index >= 15 is 0 Å². The Labute approximate surface area is 145 Å². The highest BCUT2D eigenvalue weighted by atomic mass is 16.3. The van der Waals surface area contributed by atoms with Crippen molar-refractivity contribution in [3.63, 3.8) is 0 Å². The fourth-order valence-electron chi connectivity index (χ4n) is 2.46. The van der Waals surface area contributed by atoms with E-state index in [1.165, 1.54) is 6.39 Å². The molecular weight excluding hydrogens is 316 g/mol. The van der Waals surface area contributed by atoms with Gasteiger partial charge in [0.2, 0.25) is 5.95 Å². The Morgan fingerprint density at radius 2 is 2.20 bits per heavy atom. The number of rotatable bonds is 5. The summed E-state index contributed by atoms with van der Waals surface area (Å²) in [6.45, 7) is 2.36. The molecule has 1 aromatic carbocycles. The van der Waals surface area contributed by atoms with Crippen LogP contribution in [0.3, 0.4) is 0 Å². The Hall–Kier alpha value is -3.66. The first kappa shape index (κ1) is 16.2. The Morgan fingerprint density at radius 3 is 2.88 bits per heavy atom. The molecular formula is C18H16N6O. The number of anilines is 3. The number of allylic oxidation sites excluding steroid dienone is 1. The predicted molar refractivity (Wildman–Crippen MR) is 94.7 cm³/mol. The number of nitrogens with two attached hydrogens (primary N) is 1. The summed E-state index contributed by atoms with van der Waals surface area (Å²) in [5.41, 5.74) is 8.84. The molecule has 124 valence electrons. The number of nitrogen functional groups attached to an aromatic ring is 1. The van der Waals surface area contributed by atoms with E-state index in [9.17, 15) is 5.26 Å². The van der Waals surface area contributed by atoms with E-state index in [-0.39, 0.29) is 5.95 Å². The zero-order chi connectivity index (χ0) is 17.6. The molecule has 2 aromatic heterocycles. The second-order valence-electron chi connectivity index (χ2n) is 5.22. The molecule has 3 rings (SSSR count). The van der Waals surface area contributed by atoms with E-state index in [0.29, 0.717) is 17.9 Å². The number of hydrogen-bond donors (Lipinski definition) is 1. The molecule has 0 amide bonds. The molecule has 7 nitrogen and oxygen atoms in total. The maximum atomic E-state index is 9.17. The van der Waals surface area contributed by atoms with Gasteiger partial charge >= 0.3 is 0 Å². The minimum absolute atomic E-state index is 0.184. The third kappa shape index (κ3) is 3.64. The topological polar surface area (TPSA) is 105 Å². The zero-order valence-electron chi connectivity index (χ0n) is 13.6. The molecule has 0 radical (unpaired) electrons. The van der Waals surface area contributed by atoms with E-state index in [0.717, 1.165) is 16.9 Å². The standard InChI is InChI=1S/C18H16N6O/c1-2-3-14-8-13(9-19)4-5-16(14)24(10-15-11-25-12-22-15)17-6-7-21-18(20)23-17/h2-8,11-12H,10H2,1H3,(H2,20,21,23)/b3-2+. The van der Waals surface area contributed by atoms with Gasteiger partial charge in [-0.15, -0.1) is 0 Å². The molecule has 0 saturated heterocycles. The van der Waals surface area contributed by atoms with Crippen molar-refractivity contribution in [2.24, 2.45) is 0 Å². The number of nitrogens with zero attached hydrogens (tertiary/aromatic N) is 5. The van der Waals surface area contributed by atoms with E-state index < -0.39 is 0 Å². The van der Waals surface area contributed by atoms with E-state index in [2.05, 4.69) is 21.0 Å². The largest absolute Gasteiger partial charge is 0.451 e. The van der Waals surface area contributed by atoms with Gasteiger partial charge < -0.3 is 15.1 Å². The second kappa shape index (κ2) is 7.27. The van der Waals surface area contributed by atoms with Gasteiger partial charge in [-0.3, -0.25) is 0 Å². The van der Waals surface area contributed by atoms with Crippen LogP contribution in [0.2, 0.25) is 0 Å². The Bertz CT molecular complexity index is 927. The lowest BCUT2D eigenvalue weighted by atomic mass is 10.1. The Morgan fingerprint density at radius 1 is 1.32 bits per heavy atom. The summed E-state index contributed by atoms with van der Waals surface area (Å²) in [7, 11) is 0. The van der Waals surface area contributed by atoms with Crippen LogP contribution in [0, 0.1) is 11.3 Å². The van der Waals surface area contributed by atoms with Crippen LogP contribution in [0.25, 0.3) is 6.08 Å². The Kier molecular flexibility index (Phi) is 4.72. The first-order valence-electron chi connectivity index (χ1n) is 7.61. The van der Waals surface area contributed by atoms with Crippen LogP contribution in [0.4, 0.5) is 17.5 Å². The smallest absolute Gasteiger partial charge is 0.221 e. The highest BCUT2D eigenvalue weighted by Crippen LogP contribution is 2.31. The molecule has 2 heterocycles. The van der Waals surface area contributed by atoms with Gasteiger partial charge in [0.05, 0.1) is 29.6 Å². The van der Waals surface area contributed by atoms with Crippen molar-refractivity contribution in [2.75, 3.05) is 10.6 Å². The van der Waals surface area contributed by atoms with Gasteiger partial charge in [0, 0.05) is 6.20 Å². The lowest BCUT2D eigenvalue weighted by molar-refractivity contribution is 0.556. The summed E-state index contributed by atoms with van der Waals surface area (Å²) in [5, 5.41) is 9.17. The SMILES string of the molecule is C/C=C/c1cc(C#N)ccc1N(Cc1cocn1)c1ccnc(N)n1. The van der Waals surface area contributed by atoms with Gasteiger partial charge in [-0.05, 0) is 36.8 Å². The van der Waals surface area contributed by atoms with Crippen molar-refractivity contribution in [3.05, 3.63) is 66.0 Å². The molecule has 0 unspecified atom stereocenters. The van der Waals surface area contributed by atoms with Crippen LogP contribution in [-0.4, -0.2) is 15.0 Å². The van der Waals surface area contributed by atoms with Crippen molar-refractivity contribution in [1.82, 2.24) is 15.0 Å². The normalized spacial score (nSPS) is 10.7. The highest BCUT2D eigenvalue weighted by molar-refractivity contribution is 5.74. The van der Waals surface area contributed by atoms with Crippen LogP contribution < -0.4 is 10.6 Å². The molecule has 7 heteroatoms. The summed E-state index contributed by atoms with van der Waals surface area (Å²) in [5.74, 6) is 0.815. The summed E-state index contributed by atoms with van der Waals surface area (Å²) in [6.07, 6.45) is 8.43. The first-order valence-corrected chi connectivity index (χ1v) is 7.61. The number of nitriles is 1. The quantitative estimate of drug-likeness (QED) is 0.764. The van der Waals surface area contributed by atoms with Crippen LogP contribution in [0.1, 0.15) is 23.7 Å². The van der Waals surface area contributed by atoms with Crippen molar-refractivity contribution in [3.8, 4) is 6.07 Å². The zero-order valence-corrected chi connectivity index (χ0v) is 13.6. The van der Waals surface area contributed by atoms with Crippen molar-refractivity contribution in [1.29, 1.82) is 5.26 Å². The second-order valence-corrected chi connectivity index (χ2v) is 5.22. The average Bonchev–Trinajstić information content (AvgIpc) is 3.13. The van der Waals surface area contributed by atoms with Crippen molar-refractivity contribution in [2.45, 2.75) is 13.5 Å². The molecule has 0 atom stereocenters. The van der Waals surface area contributed by atoms with Crippen molar-refractivity contribution < 1.29 is 4.42 Å². The van der Waals surface area contributed by atoms with E-state index in [1.807, 2.05) is 36.1 Å². The molecule has 0 bridgehead atoms. The van der Waals surface area contributed by atoms with E-state index in [4.69, 9.17) is 10.2 Å². The summed E-state index contributed by atoms with van der Waals surface area (Å²) < 4.78 is 5.07. The fraction of sp³-hybridized carbons (Fsp3) is 0.111. The molecule has 0 saturated carbocycles. The van der Waals surface area contributed by atoms with Crippen LogP contribution in [0.15, 0.2) is 53.6 Å². The number of aromatic nitrogens is 3. The first-order chi connectivity index (χ1) is 12.2. The number of benzene rings is 1. The molecule has 0 aliphatic heterocycles. The highest BCUT2D eigenvalue weighted by Gasteiger charge is 2.16. The summed E-state index contributed by atoms with van der Waals surface area (Å²) >= 11 is 0. The van der Waals surface area contributed by atoms with Gasteiger partial charge in [0.25, 0.3) is 0 Å². The van der Waals surface area contributed by atoms with Gasteiger partial charge in [0.1, 0.15) is 12.1 Å². The van der Waals surface area contributed by atoms with Crippen LogP contribution in [0.5, 0.6) is 0 Å². The maximum Gasteiger partial charge on any atom is 0.221 e. The fourth-order valence-corrected chi connectivity index (χ4v) is 2.46. The summed E-state index contributed by atoms with van der Waals surface area (Å²) in [6, 6.07) is 9.41. The van der Waals surface area contributed by atoms with E-state index in [1.54, 1.807) is 24.6 Å². The van der Waals surface area contributed by atoms with Gasteiger partial charge in [-0.2, -0.15) is 10.2 Å². The Balaban J connectivity index is 2.12. The number of hydrogen-bond acceptors (Lipinski definition) is 7. The van der Waals surface area contributed by atoms with Gasteiger partial charge in [0.15, 0.2) is 6.39 Å². The molecule has 0 fully saturated rings. The minimum Gasteiger partial charge on any atom is -0.451 e. The third-order valence-corrected chi connectivity index (χ3v) is 3.53. The van der Waals surface area contributed by atoms with Crippen LogP contribution in [-0.2, 0) is 6.54 Å². The van der Waals surface area contributed by atoms with Crippen molar-refractivity contribution >= 4 is 23.5 Å². The molecule has 3 aromatic rings. The third-order valence-electron chi connectivity index (χ3n) is 3.53. The molecule has 0 aliphatic rings. The van der Waals surface area contributed by atoms with Gasteiger partial charge in [-0.25, -0.2) is 9.97 Å². The molecule has 2 N–H and O–H groups in total. The monoisotopic (exact) mass is 332 g/mol. The van der Waals surface area contributed by atoms with Gasteiger partial charge in [-0.1, -0.05) is 12.2 Å². The lowest BCUT2D eigenvalue weighted by Crippen LogP contribution is -2.19. The minimum atomic E-state index is 0.184.